The van der Waals surface area contributed by atoms with E-state index in [4.69, 9.17) is 6.42 Å². The number of hydrogen-bond donors (Lipinski definition) is 0. The van der Waals surface area contributed by atoms with E-state index in [-0.39, 0.29) is 23.8 Å². The summed E-state index contributed by atoms with van der Waals surface area (Å²) in [5.74, 6) is 2.95. The molecular weight excluding hydrogens is 318 g/mol. The number of hydrogen-bond acceptors (Lipinski definition) is 3. The molecule has 24 heavy (non-hydrogen) atoms. The zero-order valence-corrected chi connectivity index (χ0v) is 14.5. The van der Waals surface area contributed by atoms with Gasteiger partial charge in [0.2, 0.25) is 0 Å². The smallest absolute Gasteiger partial charge is 0.147 e. The quantitative estimate of drug-likeness (QED) is 0.786. The van der Waals surface area contributed by atoms with Crippen LogP contribution in [0.2, 0.25) is 0 Å². The van der Waals surface area contributed by atoms with Gasteiger partial charge in [0, 0.05) is 18.7 Å². The van der Waals surface area contributed by atoms with Crippen LogP contribution >= 0.6 is 0 Å². The van der Waals surface area contributed by atoms with Gasteiger partial charge in [0.25, 0.3) is 0 Å². The molecule has 0 saturated carbocycles. The highest BCUT2D eigenvalue weighted by molar-refractivity contribution is 7.90. The molecule has 2 aromatic carbocycles. The lowest BCUT2D eigenvalue weighted by atomic mass is 9.84. The lowest BCUT2D eigenvalue weighted by Crippen LogP contribution is -2.58. The number of sulfone groups is 1. The van der Waals surface area contributed by atoms with Crippen molar-refractivity contribution in [2.24, 2.45) is 5.92 Å². The van der Waals surface area contributed by atoms with Crippen molar-refractivity contribution in [2.45, 2.75) is 12.1 Å². The predicted molar refractivity (Wildman–Crippen MR) is 97.3 cm³/mol. The van der Waals surface area contributed by atoms with E-state index in [9.17, 15) is 8.42 Å². The predicted octanol–water partition coefficient (Wildman–Crippen LogP) is 2.75. The van der Waals surface area contributed by atoms with Gasteiger partial charge < -0.3 is 0 Å². The summed E-state index contributed by atoms with van der Waals surface area (Å²) in [6.07, 6.45) is 7.01. The third-order valence-electron chi connectivity index (χ3n) is 4.50. The van der Waals surface area contributed by atoms with Gasteiger partial charge in [0.1, 0.15) is 9.84 Å². The van der Waals surface area contributed by atoms with Crippen molar-refractivity contribution in [2.75, 3.05) is 18.6 Å². The largest absolute Gasteiger partial charge is 0.278 e. The van der Waals surface area contributed by atoms with E-state index in [2.05, 4.69) is 35.1 Å². The van der Waals surface area contributed by atoms with Crippen molar-refractivity contribution in [3.8, 4) is 12.3 Å². The number of benzene rings is 2. The van der Waals surface area contributed by atoms with E-state index < -0.39 is 9.84 Å². The highest BCUT2D eigenvalue weighted by Gasteiger charge is 2.43. The second-order valence-electron chi connectivity index (χ2n) is 6.38. The molecule has 0 unspecified atom stereocenters. The van der Waals surface area contributed by atoms with Crippen LogP contribution in [0.15, 0.2) is 60.7 Å². The van der Waals surface area contributed by atoms with E-state index in [1.807, 2.05) is 36.4 Å². The molecule has 3 nitrogen and oxygen atoms in total. The molecule has 1 aliphatic rings. The summed E-state index contributed by atoms with van der Waals surface area (Å²) in [6, 6.07) is 20.3. The van der Waals surface area contributed by atoms with Crippen molar-refractivity contribution in [1.82, 2.24) is 4.90 Å². The van der Waals surface area contributed by atoms with Crippen molar-refractivity contribution in [3.63, 3.8) is 0 Å². The number of rotatable bonds is 5. The lowest BCUT2D eigenvalue weighted by molar-refractivity contribution is 0.0362. The fourth-order valence-corrected chi connectivity index (χ4v) is 4.56. The maximum Gasteiger partial charge on any atom is 0.147 e. The van der Waals surface area contributed by atoms with Crippen molar-refractivity contribution < 1.29 is 8.42 Å². The Hall–Kier alpha value is -2.09. The van der Waals surface area contributed by atoms with Crippen LogP contribution in [-0.4, -0.2) is 37.9 Å². The minimum absolute atomic E-state index is 0.0000699. The van der Waals surface area contributed by atoms with Gasteiger partial charge in [-0.05, 0) is 11.1 Å². The highest BCUT2D eigenvalue weighted by atomic mass is 32.2. The van der Waals surface area contributed by atoms with Gasteiger partial charge >= 0.3 is 0 Å². The molecular formula is C20H21NO2S. The lowest BCUT2D eigenvalue weighted by Gasteiger charge is -2.49. The van der Waals surface area contributed by atoms with E-state index in [0.717, 1.165) is 0 Å². The second kappa shape index (κ2) is 6.80. The summed E-state index contributed by atoms with van der Waals surface area (Å²) in [5, 5.41) is 0. The van der Waals surface area contributed by atoms with Gasteiger partial charge in [-0.15, -0.1) is 6.42 Å². The fraction of sp³-hybridized carbons (Fsp3) is 0.300. The third-order valence-corrected chi connectivity index (χ3v) is 5.53. The minimum Gasteiger partial charge on any atom is -0.278 e. The van der Waals surface area contributed by atoms with Crippen LogP contribution < -0.4 is 0 Å². The van der Waals surface area contributed by atoms with Crippen LogP contribution in [-0.2, 0) is 9.84 Å². The van der Waals surface area contributed by atoms with E-state index in [0.29, 0.717) is 6.54 Å². The van der Waals surface area contributed by atoms with Crippen LogP contribution in [0.5, 0.6) is 0 Å². The highest BCUT2D eigenvalue weighted by Crippen LogP contribution is 2.38. The van der Waals surface area contributed by atoms with Gasteiger partial charge in [0.05, 0.1) is 17.8 Å². The Morgan fingerprint density at radius 1 is 1.08 bits per heavy atom. The van der Waals surface area contributed by atoms with Gasteiger partial charge in [-0.3, -0.25) is 4.90 Å². The molecule has 0 bridgehead atoms. The monoisotopic (exact) mass is 339 g/mol. The molecule has 1 fully saturated rings. The van der Waals surface area contributed by atoms with Gasteiger partial charge in [-0.1, -0.05) is 66.6 Å². The van der Waals surface area contributed by atoms with Gasteiger partial charge in [-0.25, -0.2) is 8.42 Å². The zero-order chi connectivity index (χ0) is 17.2. The maximum atomic E-state index is 11.6. The first kappa shape index (κ1) is 16.8. The Kier molecular flexibility index (Phi) is 4.75. The first-order chi connectivity index (χ1) is 11.5. The van der Waals surface area contributed by atoms with E-state index in [1.165, 1.54) is 17.4 Å². The summed E-state index contributed by atoms with van der Waals surface area (Å²) in [4.78, 5) is 2.22. The summed E-state index contributed by atoms with van der Waals surface area (Å²) in [6.45, 7) is 0.691. The van der Waals surface area contributed by atoms with Crippen molar-refractivity contribution in [3.05, 3.63) is 71.8 Å². The number of likely N-dealkylation sites (tertiary alicyclic amines) is 1. The standard InChI is InChI=1S/C20H21NO2S/c1-3-19-18(15-24(2,22)23)14-21(19)20(16-10-6-4-7-11-16)17-12-8-5-9-13-17/h1,4-13,18-20H,14-15H2,2H3/t18-,19-/m1/s1. The molecule has 0 aliphatic carbocycles. The first-order valence-electron chi connectivity index (χ1n) is 7.99. The molecule has 3 rings (SSSR count). The van der Waals surface area contributed by atoms with E-state index >= 15 is 0 Å². The Morgan fingerprint density at radius 3 is 2.00 bits per heavy atom. The second-order valence-corrected chi connectivity index (χ2v) is 8.57. The summed E-state index contributed by atoms with van der Waals surface area (Å²) >= 11 is 0. The number of nitrogens with zero attached hydrogens (tertiary/aromatic N) is 1. The summed E-state index contributed by atoms with van der Waals surface area (Å²) < 4.78 is 23.3. The molecule has 2 atom stereocenters. The molecule has 1 aliphatic heterocycles. The SMILES string of the molecule is C#C[C@@H]1[C@@H](CS(C)(=O)=O)CN1C(c1ccccc1)c1ccccc1. The molecule has 2 aromatic rings. The Morgan fingerprint density at radius 2 is 1.58 bits per heavy atom. The molecule has 0 radical (unpaired) electrons. The molecule has 0 spiro atoms. The molecule has 4 heteroatoms. The molecule has 0 aromatic heterocycles. The summed E-state index contributed by atoms with van der Waals surface area (Å²) in [7, 11) is -3.03. The maximum absolute atomic E-state index is 11.6. The summed E-state index contributed by atoms with van der Waals surface area (Å²) in [5.41, 5.74) is 2.34. The van der Waals surface area contributed by atoms with Crippen LogP contribution in [0.4, 0.5) is 0 Å². The van der Waals surface area contributed by atoms with E-state index in [1.54, 1.807) is 0 Å². The van der Waals surface area contributed by atoms with Crippen LogP contribution in [0.25, 0.3) is 0 Å². The fourth-order valence-electron chi connectivity index (χ4n) is 3.49. The Labute approximate surface area is 144 Å². The third kappa shape index (κ3) is 3.53. The Bertz CT molecular complexity index is 785. The van der Waals surface area contributed by atoms with Crippen molar-refractivity contribution >= 4 is 9.84 Å². The van der Waals surface area contributed by atoms with Crippen LogP contribution in [0.1, 0.15) is 17.2 Å². The molecule has 1 saturated heterocycles. The van der Waals surface area contributed by atoms with Crippen molar-refractivity contribution in [1.29, 1.82) is 0 Å². The Balaban J connectivity index is 1.92. The van der Waals surface area contributed by atoms with Gasteiger partial charge in [-0.2, -0.15) is 0 Å². The molecule has 124 valence electrons. The molecule has 0 N–H and O–H groups in total. The van der Waals surface area contributed by atoms with Crippen LogP contribution in [0.3, 0.4) is 0 Å². The average molecular weight is 339 g/mol. The first-order valence-corrected chi connectivity index (χ1v) is 10.0. The normalized spacial score (nSPS) is 21.2. The van der Waals surface area contributed by atoms with Crippen LogP contribution in [0, 0.1) is 18.3 Å². The number of terminal acetylenes is 1. The zero-order valence-electron chi connectivity index (χ0n) is 13.7. The molecule has 0 amide bonds. The minimum atomic E-state index is -3.03. The molecule has 1 heterocycles. The van der Waals surface area contributed by atoms with Gasteiger partial charge in [0.15, 0.2) is 0 Å². The topological polar surface area (TPSA) is 37.4 Å². The average Bonchev–Trinajstić information content (AvgIpc) is 2.55.